The Labute approximate surface area is 198 Å². The van der Waals surface area contributed by atoms with E-state index >= 15 is 0 Å². The summed E-state index contributed by atoms with van der Waals surface area (Å²) in [5.41, 5.74) is 0.128. The van der Waals surface area contributed by atoms with Crippen LogP contribution in [0.3, 0.4) is 0 Å². The fraction of sp³-hybridized carbons (Fsp3) is 0.593. The van der Waals surface area contributed by atoms with Crippen LogP contribution >= 0.6 is 0 Å². The first-order chi connectivity index (χ1) is 15.5. The highest BCUT2D eigenvalue weighted by atomic mass is 16.6. The van der Waals surface area contributed by atoms with Crippen LogP contribution in [-0.4, -0.2) is 36.1 Å². The van der Waals surface area contributed by atoms with Gasteiger partial charge in [0.1, 0.15) is 17.3 Å². The summed E-state index contributed by atoms with van der Waals surface area (Å²) in [7, 11) is 0. The van der Waals surface area contributed by atoms with Crippen molar-refractivity contribution in [2.24, 2.45) is 17.8 Å². The van der Waals surface area contributed by atoms with Gasteiger partial charge in [0.25, 0.3) is 0 Å². The van der Waals surface area contributed by atoms with Gasteiger partial charge in [-0.15, -0.1) is 0 Å². The van der Waals surface area contributed by atoms with Crippen molar-refractivity contribution in [2.45, 2.75) is 78.9 Å². The zero-order valence-electron chi connectivity index (χ0n) is 20.9. The van der Waals surface area contributed by atoms with Crippen LogP contribution in [-0.2, 0) is 19.1 Å². The smallest absolute Gasteiger partial charge is 0.407 e. The minimum atomic E-state index is -0.625. The Morgan fingerprint density at radius 1 is 1.12 bits per heavy atom. The Bertz CT molecular complexity index is 838. The highest BCUT2D eigenvalue weighted by molar-refractivity contribution is 6.20. The monoisotopic (exact) mass is 457 g/mol. The number of carbonyl (C=O) groups excluding carboxylic acids is 3. The highest BCUT2D eigenvalue weighted by Gasteiger charge is 2.34. The van der Waals surface area contributed by atoms with Gasteiger partial charge < -0.3 is 14.8 Å². The number of alkyl carbamates (subject to hydrolysis) is 1. The van der Waals surface area contributed by atoms with Crippen molar-refractivity contribution in [2.75, 3.05) is 6.54 Å². The SMILES string of the molecule is CC(C)[C@@H]1CC[C@@H](C)C[C@H]1OC(=O)/C(=C/c1ccccc1)C(=O)CCNC(=O)OC(C)(C)C. The number of esters is 1. The standard InChI is InChI=1S/C27H39NO5/c1-18(2)21-13-12-19(3)16-24(21)32-25(30)22(17-20-10-8-7-9-11-20)23(29)14-15-28-26(31)33-27(4,5)6/h7-11,17-19,21,24H,12-16H2,1-6H3,(H,28,31)/b22-17+/t19-,21+,24-/m1/s1. The van der Waals surface area contributed by atoms with Gasteiger partial charge >= 0.3 is 12.1 Å². The number of hydrogen-bond acceptors (Lipinski definition) is 5. The summed E-state index contributed by atoms with van der Waals surface area (Å²) in [6.07, 6.45) is 3.70. The number of Topliss-reactive ketones (excluding diaryl/α,β-unsaturated/α-hetero) is 1. The second-order valence-electron chi connectivity index (χ2n) is 10.3. The van der Waals surface area contributed by atoms with Crippen molar-refractivity contribution in [3.05, 3.63) is 41.5 Å². The maximum absolute atomic E-state index is 13.2. The van der Waals surface area contributed by atoms with Crippen molar-refractivity contribution < 1.29 is 23.9 Å². The van der Waals surface area contributed by atoms with Gasteiger partial charge in [-0.25, -0.2) is 9.59 Å². The molecule has 1 aromatic rings. The molecule has 6 heteroatoms. The third-order valence-corrected chi connectivity index (χ3v) is 5.87. The van der Waals surface area contributed by atoms with E-state index in [2.05, 4.69) is 26.1 Å². The number of hydrogen-bond donors (Lipinski definition) is 1. The molecule has 0 aliphatic heterocycles. The van der Waals surface area contributed by atoms with Crippen molar-refractivity contribution in [1.29, 1.82) is 0 Å². The molecule has 182 valence electrons. The van der Waals surface area contributed by atoms with E-state index in [0.717, 1.165) is 24.8 Å². The summed E-state index contributed by atoms with van der Waals surface area (Å²) in [5.74, 6) is 0.196. The molecule has 2 rings (SSSR count). The second kappa shape index (κ2) is 12.0. The molecule has 1 aromatic carbocycles. The van der Waals surface area contributed by atoms with E-state index in [0.29, 0.717) is 11.8 Å². The average Bonchev–Trinajstić information content (AvgIpc) is 2.71. The molecule has 33 heavy (non-hydrogen) atoms. The van der Waals surface area contributed by atoms with Crippen LogP contribution < -0.4 is 5.32 Å². The Kier molecular flexibility index (Phi) is 9.69. The molecule has 6 nitrogen and oxygen atoms in total. The number of ketones is 1. The number of nitrogens with one attached hydrogen (secondary N) is 1. The summed E-state index contributed by atoms with van der Waals surface area (Å²) in [5, 5.41) is 2.58. The third-order valence-electron chi connectivity index (χ3n) is 5.87. The molecule has 1 aliphatic carbocycles. The number of rotatable bonds is 8. The predicted octanol–water partition coefficient (Wildman–Crippen LogP) is 5.56. The topological polar surface area (TPSA) is 81.7 Å². The zero-order valence-corrected chi connectivity index (χ0v) is 20.9. The van der Waals surface area contributed by atoms with E-state index in [4.69, 9.17) is 9.47 Å². The van der Waals surface area contributed by atoms with Crippen LogP contribution in [0.2, 0.25) is 0 Å². The second-order valence-corrected chi connectivity index (χ2v) is 10.3. The van der Waals surface area contributed by atoms with E-state index in [1.807, 2.05) is 30.3 Å². The molecule has 0 aromatic heterocycles. The highest BCUT2D eigenvalue weighted by Crippen LogP contribution is 2.35. The van der Waals surface area contributed by atoms with Crippen LogP contribution in [0.1, 0.15) is 72.8 Å². The van der Waals surface area contributed by atoms with Crippen LogP contribution in [0, 0.1) is 17.8 Å². The number of ether oxygens (including phenoxy) is 2. The zero-order chi connectivity index (χ0) is 24.6. The maximum Gasteiger partial charge on any atom is 0.407 e. The average molecular weight is 458 g/mol. The van der Waals surface area contributed by atoms with Gasteiger partial charge in [-0.2, -0.15) is 0 Å². The van der Waals surface area contributed by atoms with Gasteiger partial charge in [-0.1, -0.05) is 57.5 Å². The minimum absolute atomic E-state index is 0.00733. The molecule has 1 N–H and O–H groups in total. The fourth-order valence-corrected chi connectivity index (χ4v) is 4.15. The largest absolute Gasteiger partial charge is 0.458 e. The predicted molar refractivity (Wildman–Crippen MR) is 130 cm³/mol. The first-order valence-electron chi connectivity index (χ1n) is 11.9. The molecule has 1 fully saturated rings. The van der Waals surface area contributed by atoms with Crippen molar-refractivity contribution >= 4 is 23.9 Å². The summed E-state index contributed by atoms with van der Waals surface area (Å²) in [6.45, 7) is 11.8. The van der Waals surface area contributed by atoms with Gasteiger partial charge in [0.15, 0.2) is 5.78 Å². The van der Waals surface area contributed by atoms with Crippen molar-refractivity contribution in [3.63, 3.8) is 0 Å². The first kappa shape index (κ1) is 26.6. The summed E-state index contributed by atoms with van der Waals surface area (Å²) >= 11 is 0. The van der Waals surface area contributed by atoms with Crippen LogP contribution in [0.4, 0.5) is 4.79 Å². The summed E-state index contributed by atoms with van der Waals surface area (Å²) < 4.78 is 11.1. The maximum atomic E-state index is 13.2. The molecule has 0 saturated heterocycles. The molecule has 3 atom stereocenters. The first-order valence-corrected chi connectivity index (χ1v) is 11.9. The van der Waals surface area contributed by atoms with Crippen LogP contribution in [0.5, 0.6) is 0 Å². The molecule has 0 spiro atoms. The van der Waals surface area contributed by atoms with E-state index in [9.17, 15) is 14.4 Å². The summed E-state index contributed by atoms with van der Waals surface area (Å²) in [6, 6.07) is 9.23. The number of amides is 1. The van der Waals surface area contributed by atoms with Gasteiger partial charge in [0, 0.05) is 13.0 Å². The van der Waals surface area contributed by atoms with Gasteiger partial charge in [0.05, 0.1) is 0 Å². The molecule has 1 saturated carbocycles. The molecule has 0 bridgehead atoms. The lowest BCUT2D eigenvalue weighted by Crippen LogP contribution is -2.37. The molecule has 0 radical (unpaired) electrons. The fourth-order valence-electron chi connectivity index (χ4n) is 4.15. The molecule has 0 unspecified atom stereocenters. The van der Waals surface area contributed by atoms with E-state index in [-0.39, 0.29) is 36.3 Å². The van der Waals surface area contributed by atoms with Gasteiger partial charge in [-0.05, 0) is 63.0 Å². The van der Waals surface area contributed by atoms with Gasteiger partial charge in [0.2, 0.25) is 0 Å². The van der Waals surface area contributed by atoms with E-state index < -0.39 is 17.7 Å². The van der Waals surface area contributed by atoms with E-state index in [1.165, 1.54) is 0 Å². The van der Waals surface area contributed by atoms with Crippen LogP contribution in [0.15, 0.2) is 35.9 Å². The molecule has 1 amide bonds. The Hall–Kier alpha value is -2.63. The van der Waals surface area contributed by atoms with Gasteiger partial charge in [-0.3, -0.25) is 4.79 Å². The molecular formula is C27H39NO5. The Morgan fingerprint density at radius 2 is 1.79 bits per heavy atom. The minimum Gasteiger partial charge on any atom is -0.458 e. The number of benzene rings is 1. The normalized spacial score (nSPS) is 21.4. The molecular weight excluding hydrogens is 418 g/mol. The quantitative estimate of drug-likeness (QED) is 0.239. The van der Waals surface area contributed by atoms with Crippen LogP contribution in [0.25, 0.3) is 6.08 Å². The molecule has 1 aliphatic rings. The summed E-state index contributed by atoms with van der Waals surface area (Å²) in [4.78, 5) is 38.1. The third kappa shape index (κ3) is 9.03. The number of carbonyl (C=O) groups is 3. The molecule has 0 heterocycles. The van der Waals surface area contributed by atoms with Crippen molar-refractivity contribution in [3.8, 4) is 0 Å². The lowest BCUT2D eigenvalue weighted by molar-refractivity contribution is -0.151. The Morgan fingerprint density at radius 3 is 2.39 bits per heavy atom. The lowest BCUT2D eigenvalue weighted by atomic mass is 9.75. The Balaban J connectivity index is 2.13. The van der Waals surface area contributed by atoms with Crippen molar-refractivity contribution in [1.82, 2.24) is 5.32 Å². The lowest BCUT2D eigenvalue weighted by Gasteiger charge is -2.36. The van der Waals surface area contributed by atoms with E-state index in [1.54, 1.807) is 26.8 Å².